The van der Waals surface area contributed by atoms with E-state index in [1.165, 1.54) is 109 Å². The third-order valence-corrected chi connectivity index (χ3v) is 6.10. The largest absolute Gasteiger partial charge is 0.0654 e. The van der Waals surface area contributed by atoms with Gasteiger partial charge in [0.2, 0.25) is 0 Å². The van der Waals surface area contributed by atoms with E-state index in [0.717, 1.165) is 5.92 Å². The van der Waals surface area contributed by atoms with Crippen molar-refractivity contribution in [2.24, 2.45) is 5.92 Å². The summed E-state index contributed by atoms with van der Waals surface area (Å²) in [6, 6.07) is 9.07. The summed E-state index contributed by atoms with van der Waals surface area (Å²) in [5.41, 5.74) is 3.25. The zero-order valence-electron chi connectivity index (χ0n) is 16.9. The van der Waals surface area contributed by atoms with Crippen molar-refractivity contribution in [3.63, 3.8) is 0 Å². The second kappa shape index (κ2) is 13.4. The van der Waals surface area contributed by atoms with E-state index in [1.54, 1.807) is 11.1 Å². The maximum Gasteiger partial charge on any atom is -0.0244 e. The Morgan fingerprint density at radius 3 is 1.44 bits per heavy atom. The zero-order valence-corrected chi connectivity index (χ0v) is 16.9. The second-order valence-corrected chi connectivity index (χ2v) is 8.43. The van der Waals surface area contributed by atoms with Crippen LogP contribution in [0.25, 0.3) is 0 Å². The van der Waals surface area contributed by atoms with E-state index in [1.807, 2.05) is 0 Å². The SMILES string of the molecule is CCCCCCCCCCCCCCCCC1Cc2ccccc2C1. The lowest BCUT2D eigenvalue weighted by Crippen LogP contribution is -1.99. The van der Waals surface area contributed by atoms with E-state index < -0.39 is 0 Å². The Bertz CT molecular complexity index is 408. The molecule has 0 nitrogen and oxygen atoms in total. The summed E-state index contributed by atoms with van der Waals surface area (Å²) < 4.78 is 0. The molecule has 0 amide bonds. The van der Waals surface area contributed by atoms with Crippen molar-refractivity contribution in [2.75, 3.05) is 0 Å². The highest BCUT2D eigenvalue weighted by atomic mass is 14.2. The minimum absolute atomic E-state index is 0.940. The molecule has 142 valence electrons. The van der Waals surface area contributed by atoms with Crippen molar-refractivity contribution in [1.82, 2.24) is 0 Å². The topological polar surface area (TPSA) is 0 Å². The highest BCUT2D eigenvalue weighted by Gasteiger charge is 2.19. The van der Waals surface area contributed by atoms with Crippen LogP contribution >= 0.6 is 0 Å². The molecule has 1 aliphatic carbocycles. The lowest BCUT2D eigenvalue weighted by molar-refractivity contribution is 0.466. The summed E-state index contributed by atoms with van der Waals surface area (Å²) in [5.74, 6) is 0.940. The van der Waals surface area contributed by atoms with Crippen LogP contribution in [0.1, 0.15) is 114 Å². The van der Waals surface area contributed by atoms with Gasteiger partial charge in [0.15, 0.2) is 0 Å². The highest BCUT2D eigenvalue weighted by Crippen LogP contribution is 2.30. The van der Waals surface area contributed by atoms with Crippen molar-refractivity contribution in [2.45, 2.75) is 116 Å². The van der Waals surface area contributed by atoms with Gasteiger partial charge in [-0.1, -0.05) is 121 Å². The van der Waals surface area contributed by atoms with Gasteiger partial charge in [-0.05, 0) is 36.3 Å². The van der Waals surface area contributed by atoms with Gasteiger partial charge in [-0.25, -0.2) is 0 Å². The molecule has 1 aliphatic rings. The lowest BCUT2D eigenvalue weighted by Gasteiger charge is -2.08. The monoisotopic (exact) mass is 342 g/mol. The molecule has 0 fully saturated rings. The molecule has 0 saturated heterocycles. The fourth-order valence-corrected chi connectivity index (χ4v) is 4.48. The number of rotatable bonds is 15. The van der Waals surface area contributed by atoms with Gasteiger partial charge in [0.25, 0.3) is 0 Å². The Labute approximate surface area is 157 Å². The molecule has 1 aromatic carbocycles. The minimum Gasteiger partial charge on any atom is -0.0654 e. The van der Waals surface area contributed by atoms with Crippen molar-refractivity contribution >= 4 is 0 Å². The predicted octanol–water partition coefficient (Wildman–Crippen LogP) is 8.27. The molecule has 0 heterocycles. The molecule has 0 heteroatoms. The molecular formula is C25H42. The van der Waals surface area contributed by atoms with E-state index >= 15 is 0 Å². The van der Waals surface area contributed by atoms with Gasteiger partial charge in [0.1, 0.15) is 0 Å². The van der Waals surface area contributed by atoms with E-state index in [2.05, 4.69) is 31.2 Å². The summed E-state index contributed by atoms with van der Waals surface area (Å²) in [7, 11) is 0. The number of benzene rings is 1. The smallest absolute Gasteiger partial charge is 0.0244 e. The van der Waals surface area contributed by atoms with Gasteiger partial charge in [0.05, 0.1) is 0 Å². The molecule has 0 aromatic heterocycles. The summed E-state index contributed by atoms with van der Waals surface area (Å²) in [4.78, 5) is 0. The summed E-state index contributed by atoms with van der Waals surface area (Å²) in [6.45, 7) is 2.30. The molecule has 0 bridgehead atoms. The maximum atomic E-state index is 2.33. The molecule has 0 saturated carbocycles. The van der Waals surface area contributed by atoms with Crippen molar-refractivity contribution in [1.29, 1.82) is 0 Å². The molecule has 25 heavy (non-hydrogen) atoms. The first-order valence-corrected chi connectivity index (χ1v) is 11.5. The molecule has 0 spiro atoms. The molecule has 0 N–H and O–H groups in total. The van der Waals surface area contributed by atoms with Gasteiger partial charge < -0.3 is 0 Å². The third kappa shape index (κ3) is 8.93. The van der Waals surface area contributed by atoms with Crippen LogP contribution in [-0.4, -0.2) is 0 Å². The van der Waals surface area contributed by atoms with Crippen LogP contribution in [-0.2, 0) is 12.8 Å². The Balaban J connectivity index is 1.31. The first-order valence-electron chi connectivity index (χ1n) is 11.5. The lowest BCUT2D eigenvalue weighted by atomic mass is 9.97. The fourth-order valence-electron chi connectivity index (χ4n) is 4.48. The number of unbranched alkanes of at least 4 members (excludes halogenated alkanes) is 13. The van der Waals surface area contributed by atoms with Gasteiger partial charge in [0, 0.05) is 0 Å². The normalized spacial score (nSPS) is 14.1. The Morgan fingerprint density at radius 2 is 1.00 bits per heavy atom. The molecule has 2 rings (SSSR count). The number of hydrogen-bond donors (Lipinski definition) is 0. The highest BCUT2D eigenvalue weighted by molar-refractivity contribution is 5.31. The van der Waals surface area contributed by atoms with Crippen molar-refractivity contribution in [3.8, 4) is 0 Å². The molecule has 0 unspecified atom stereocenters. The van der Waals surface area contributed by atoms with E-state index in [-0.39, 0.29) is 0 Å². The van der Waals surface area contributed by atoms with Crippen LogP contribution in [0.2, 0.25) is 0 Å². The van der Waals surface area contributed by atoms with Gasteiger partial charge >= 0.3 is 0 Å². The summed E-state index contributed by atoms with van der Waals surface area (Å²) >= 11 is 0. The maximum absolute atomic E-state index is 2.33. The molecule has 0 radical (unpaired) electrons. The van der Waals surface area contributed by atoms with Crippen LogP contribution < -0.4 is 0 Å². The van der Waals surface area contributed by atoms with Gasteiger partial charge in [-0.2, -0.15) is 0 Å². The number of fused-ring (bicyclic) bond motifs is 1. The Morgan fingerprint density at radius 1 is 0.600 bits per heavy atom. The van der Waals surface area contributed by atoms with Gasteiger partial charge in [-0.3, -0.25) is 0 Å². The van der Waals surface area contributed by atoms with Crippen LogP contribution in [0.4, 0.5) is 0 Å². The molecule has 0 aliphatic heterocycles. The second-order valence-electron chi connectivity index (χ2n) is 8.43. The summed E-state index contributed by atoms with van der Waals surface area (Å²) in [5, 5.41) is 0. The van der Waals surface area contributed by atoms with E-state index in [4.69, 9.17) is 0 Å². The van der Waals surface area contributed by atoms with Crippen LogP contribution in [0.15, 0.2) is 24.3 Å². The number of hydrogen-bond acceptors (Lipinski definition) is 0. The van der Waals surface area contributed by atoms with Crippen LogP contribution in [0, 0.1) is 5.92 Å². The Kier molecular flexibility index (Phi) is 11.0. The summed E-state index contributed by atoms with van der Waals surface area (Å²) in [6.07, 6.45) is 24.6. The Hall–Kier alpha value is -0.780. The molecule has 1 aromatic rings. The van der Waals surface area contributed by atoms with E-state index in [9.17, 15) is 0 Å². The molecule has 0 atom stereocenters. The third-order valence-electron chi connectivity index (χ3n) is 6.10. The van der Waals surface area contributed by atoms with E-state index in [0.29, 0.717) is 0 Å². The van der Waals surface area contributed by atoms with Gasteiger partial charge in [-0.15, -0.1) is 0 Å². The zero-order chi connectivity index (χ0) is 17.6. The van der Waals surface area contributed by atoms with Crippen LogP contribution in [0.3, 0.4) is 0 Å². The first-order chi connectivity index (χ1) is 12.4. The van der Waals surface area contributed by atoms with Crippen molar-refractivity contribution < 1.29 is 0 Å². The predicted molar refractivity (Wildman–Crippen MR) is 112 cm³/mol. The average Bonchev–Trinajstić information content (AvgIpc) is 3.05. The average molecular weight is 343 g/mol. The van der Waals surface area contributed by atoms with Crippen LogP contribution in [0.5, 0.6) is 0 Å². The standard InChI is InChI=1S/C25H42/c1-2-3-4-5-6-7-8-9-10-11-12-13-14-15-18-23-21-24-19-16-17-20-25(24)22-23/h16-17,19-20,23H,2-15,18,21-22H2,1H3. The molecular weight excluding hydrogens is 300 g/mol. The minimum atomic E-state index is 0.940. The fraction of sp³-hybridized carbons (Fsp3) is 0.760. The quantitative estimate of drug-likeness (QED) is 0.281. The first kappa shape index (κ1) is 20.5. The van der Waals surface area contributed by atoms with Crippen molar-refractivity contribution in [3.05, 3.63) is 35.4 Å².